The summed E-state index contributed by atoms with van der Waals surface area (Å²) in [6.45, 7) is 5.27. The monoisotopic (exact) mass is 422 g/mol. The lowest BCUT2D eigenvalue weighted by Gasteiger charge is -2.17. The average molecular weight is 423 g/mol. The van der Waals surface area contributed by atoms with Gasteiger partial charge >= 0.3 is 0 Å². The molecule has 0 aliphatic heterocycles. The van der Waals surface area contributed by atoms with Gasteiger partial charge in [-0.15, -0.1) is 5.10 Å². The average Bonchev–Trinajstić information content (AvgIpc) is 3.31. The van der Waals surface area contributed by atoms with Gasteiger partial charge in [0.15, 0.2) is 11.6 Å². The lowest BCUT2D eigenvalue weighted by atomic mass is 10.1. The van der Waals surface area contributed by atoms with Crippen molar-refractivity contribution in [2.24, 2.45) is 5.73 Å². The van der Waals surface area contributed by atoms with Crippen LogP contribution in [0.3, 0.4) is 0 Å². The van der Waals surface area contributed by atoms with E-state index < -0.39 is 5.54 Å². The first-order valence-corrected chi connectivity index (χ1v) is 10.1. The smallest absolute Gasteiger partial charge is 0.243 e. The van der Waals surface area contributed by atoms with Gasteiger partial charge in [-0.2, -0.15) is 5.10 Å². The molecule has 0 fully saturated rings. The number of anilines is 3. The van der Waals surface area contributed by atoms with E-state index in [1.165, 1.54) is 11.8 Å². The Morgan fingerprint density at radius 1 is 1.23 bits per heavy atom. The van der Waals surface area contributed by atoms with Crippen LogP contribution in [0.5, 0.6) is 0 Å². The minimum atomic E-state index is -0.941. The van der Waals surface area contributed by atoms with E-state index in [1.807, 2.05) is 55.6 Å². The van der Waals surface area contributed by atoms with E-state index in [2.05, 4.69) is 30.9 Å². The Kier molecular flexibility index (Phi) is 5.18. The SMILES string of the molecule is Cc1cc(Nc2nc(Sc3ccc(NC(=O)C(C)(C)N)cc3)nn3cccc23)n[nH]1. The van der Waals surface area contributed by atoms with Crippen LogP contribution < -0.4 is 16.4 Å². The number of benzene rings is 1. The number of aromatic amines is 1. The first-order chi connectivity index (χ1) is 14.3. The largest absolute Gasteiger partial charge is 0.325 e. The molecule has 0 saturated heterocycles. The van der Waals surface area contributed by atoms with Crippen molar-refractivity contribution in [3.63, 3.8) is 0 Å². The molecular weight excluding hydrogens is 400 g/mol. The summed E-state index contributed by atoms with van der Waals surface area (Å²) in [6, 6.07) is 13.2. The molecule has 0 radical (unpaired) electrons. The van der Waals surface area contributed by atoms with Gasteiger partial charge in [0.1, 0.15) is 5.52 Å². The van der Waals surface area contributed by atoms with Crippen molar-refractivity contribution in [2.75, 3.05) is 10.6 Å². The van der Waals surface area contributed by atoms with Gasteiger partial charge in [0.25, 0.3) is 0 Å². The molecule has 0 aliphatic rings. The number of nitrogens with two attached hydrogens (primary N) is 1. The third-order valence-electron chi connectivity index (χ3n) is 4.23. The Bertz CT molecular complexity index is 1190. The molecule has 9 nitrogen and oxygen atoms in total. The summed E-state index contributed by atoms with van der Waals surface area (Å²) in [6.07, 6.45) is 1.87. The Balaban J connectivity index is 1.54. The second-order valence-electron chi connectivity index (χ2n) is 7.44. The van der Waals surface area contributed by atoms with Crippen LogP contribution in [0.1, 0.15) is 19.5 Å². The summed E-state index contributed by atoms with van der Waals surface area (Å²) in [7, 11) is 0. The number of amides is 1. The van der Waals surface area contributed by atoms with Gasteiger partial charge in [0.2, 0.25) is 11.1 Å². The zero-order valence-electron chi connectivity index (χ0n) is 16.8. The molecular formula is C20H22N8OS. The Morgan fingerprint density at radius 2 is 2.00 bits per heavy atom. The molecule has 5 N–H and O–H groups in total. The summed E-state index contributed by atoms with van der Waals surface area (Å²) in [5, 5.41) is 18.3. The standard InChI is InChI=1S/C20H22N8OS/c1-12-11-16(26-25-12)23-17-15-5-4-10-28(15)27-19(24-17)30-14-8-6-13(7-9-14)22-18(29)20(2,3)21/h4-11H,21H2,1-3H3,(H,22,29)(H2,23,24,25,26,27). The lowest BCUT2D eigenvalue weighted by Crippen LogP contribution is -2.45. The predicted molar refractivity (Wildman–Crippen MR) is 117 cm³/mol. The maximum Gasteiger partial charge on any atom is 0.243 e. The third kappa shape index (κ3) is 4.44. The summed E-state index contributed by atoms with van der Waals surface area (Å²) in [5.41, 5.74) is 7.37. The lowest BCUT2D eigenvalue weighted by molar-refractivity contribution is -0.120. The van der Waals surface area contributed by atoms with Crippen molar-refractivity contribution in [3.8, 4) is 0 Å². The molecule has 0 aliphatic carbocycles. The molecule has 3 aromatic heterocycles. The van der Waals surface area contributed by atoms with Crippen molar-refractivity contribution in [2.45, 2.75) is 36.4 Å². The second kappa shape index (κ2) is 7.81. The van der Waals surface area contributed by atoms with Gasteiger partial charge < -0.3 is 16.4 Å². The number of aromatic nitrogens is 5. The molecule has 4 aromatic rings. The van der Waals surface area contributed by atoms with Crippen LogP contribution in [-0.2, 0) is 4.79 Å². The minimum Gasteiger partial charge on any atom is -0.325 e. The fourth-order valence-electron chi connectivity index (χ4n) is 2.66. The van der Waals surface area contributed by atoms with Crippen LogP contribution in [0.15, 0.2) is 58.7 Å². The van der Waals surface area contributed by atoms with Crippen molar-refractivity contribution >= 4 is 40.5 Å². The molecule has 0 unspecified atom stereocenters. The number of carbonyl (C=O) groups excluding carboxylic acids is 1. The summed E-state index contributed by atoms with van der Waals surface area (Å²) in [5.74, 6) is 1.11. The van der Waals surface area contributed by atoms with Crippen molar-refractivity contribution in [1.82, 2.24) is 24.8 Å². The number of rotatable bonds is 6. The van der Waals surface area contributed by atoms with Crippen LogP contribution in [0, 0.1) is 6.92 Å². The topological polar surface area (TPSA) is 126 Å². The maximum atomic E-state index is 12.0. The number of fused-ring (bicyclic) bond motifs is 1. The van der Waals surface area contributed by atoms with E-state index in [4.69, 9.17) is 5.73 Å². The fourth-order valence-corrected chi connectivity index (χ4v) is 3.41. The molecule has 0 saturated carbocycles. The fraction of sp³-hybridized carbons (Fsp3) is 0.200. The van der Waals surface area contributed by atoms with Crippen molar-refractivity contribution < 1.29 is 4.79 Å². The van der Waals surface area contributed by atoms with Gasteiger partial charge in [-0.25, -0.2) is 9.50 Å². The zero-order chi connectivity index (χ0) is 21.3. The molecule has 0 spiro atoms. The van der Waals surface area contributed by atoms with Crippen molar-refractivity contribution in [3.05, 3.63) is 54.4 Å². The zero-order valence-corrected chi connectivity index (χ0v) is 17.6. The van der Waals surface area contributed by atoms with E-state index in [9.17, 15) is 4.79 Å². The Morgan fingerprint density at radius 3 is 2.67 bits per heavy atom. The van der Waals surface area contributed by atoms with Crippen molar-refractivity contribution in [1.29, 1.82) is 0 Å². The molecule has 10 heteroatoms. The molecule has 0 atom stereocenters. The highest BCUT2D eigenvalue weighted by Crippen LogP contribution is 2.29. The van der Waals surface area contributed by atoms with Crippen LogP contribution >= 0.6 is 11.8 Å². The maximum absolute atomic E-state index is 12.0. The first kappa shape index (κ1) is 19.9. The van der Waals surface area contributed by atoms with Gasteiger partial charge in [0, 0.05) is 28.5 Å². The summed E-state index contributed by atoms with van der Waals surface area (Å²) >= 11 is 1.42. The molecule has 1 amide bonds. The number of hydrogen-bond acceptors (Lipinski definition) is 7. The third-order valence-corrected chi connectivity index (χ3v) is 5.09. The molecule has 30 heavy (non-hydrogen) atoms. The number of hydrogen-bond donors (Lipinski definition) is 4. The Labute approximate surface area is 177 Å². The highest BCUT2D eigenvalue weighted by molar-refractivity contribution is 7.99. The molecule has 4 rings (SSSR count). The van der Waals surface area contributed by atoms with E-state index in [-0.39, 0.29) is 5.91 Å². The first-order valence-electron chi connectivity index (χ1n) is 9.30. The Hall–Kier alpha value is -3.37. The number of aryl methyl sites for hydroxylation is 1. The predicted octanol–water partition coefficient (Wildman–Crippen LogP) is 3.33. The highest BCUT2D eigenvalue weighted by Gasteiger charge is 2.21. The number of carbonyl (C=O) groups is 1. The molecule has 154 valence electrons. The molecule has 1 aromatic carbocycles. The summed E-state index contributed by atoms with van der Waals surface area (Å²) in [4.78, 5) is 17.6. The highest BCUT2D eigenvalue weighted by atomic mass is 32.2. The second-order valence-corrected chi connectivity index (χ2v) is 8.49. The van der Waals surface area contributed by atoms with Gasteiger partial charge in [0.05, 0.1) is 5.54 Å². The van der Waals surface area contributed by atoms with Gasteiger partial charge in [-0.3, -0.25) is 9.89 Å². The van der Waals surface area contributed by atoms with E-state index >= 15 is 0 Å². The molecule has 3 heterocycles. The van der Waals surface area contributed by atoms with E-state index in [0.29, 0.717) is 22.5 Å². The van der Waals surface area contributed by atoms with Crippen LogP contribution in [0.2, 0.25) is 0 Å². The quantitative estimate of drug-likeness (QED) is 0.375. The van der Waals surface area contributed by atoms with E-state index in [0.717, 1.165) is 16.1 Å². The van der Waals surface area contributed by atoms with E-state index in [1.54, 1.807) is 18.4 Å². The van der Waals surface area contributed by atoms with Crippen LogP contribution in [0.4, 0.5) is 17.3 Å². The van der Waals surface area contributed by atoms with Crippen LogP contribution in [0.25, 0.3) is 5.52 Å². The normalized spacial score (nSPS) is 11.6. The summed E-state index contributed by atoms with van der Waals surface area (Å²) < 4.78 is 1.77. The number of nitrogens with one attached hydrogen (secondary N) is 3. The minimum absolute atomic E-state index is 0.242. The molecule has 0 bridgehead atoms. The number of H-pyrrole nitrogens is 1. The van der Waals surface area contributed by atoms with Gasteiger partial charge in [-0.05, 0) is 68.9 Å². The van der Waals surface area contributed by atoms with Gasteiger partial charge in [-0.1, -0.05) is 0 Å². The number of nitrogens with zero attached hydrogens (tertiary/aromatic N) is 4. The van der Waals surface area contributed by atoms with Crippen LogP contribution in [-0.4, -0.2) is 36.2 Å².